The van der Waals surface area contributed by atoms with E-state index >= 15 is 0 Å². The van der Waals surface area contributed by atoms with Gasteiger partial charge in [0.2, 0.25) is 0 Å². The molecular formula is C12H13NS2. The number of terminal acetylenes is 1. The van der Waals surface area contributed by atoms with Crippen LogP contribution >= 0.6 is 22.5 Å². The highest BCUT2D eigenvalue weighted by Crippen LogP contribution is 2.34. The monoisotopic (exact) mass is 235 g/mol. The second-order valence-corrected chi connectivity index (χ2v) is 4.83. The summed E-state index contributed by atoms with van der Waals surface area (Å²) >= 11 is 4.21. The SMILES string of the molecule is C#CCNC1CCc2ccc(SS)cc21. The van der Waals surface area contributed by atoms with E-state index in [-0.39, 0.29) is 0 Å². The van der Waals surface area contributed by atoms with Crippen molar-refractivity contribution in [1.29, 1.82) is 0 Å². The van der Waals surface area contributed by atoms with Gasteiger partial charge < -0.3 is 0 Å². The Balaban J connectivity index is 2.20. The summed E-state index contributed by atoms with van der Waals surface area (Å²) in [5, 5.41) is 3.37. The lowest BCUT2D eigenvalue weighted by atomic mass is 10.1. The number of fused-ring (bicyclic) bond motifs is 1. The second kappa shape index (κ2) is 4.98. The van der Waals surface area contributed by atoms with E-state index in [1.165, 1.54) is 26.8 Å². The molecule has 0 radical (unpaired) electrons. The van der Waals surface area contributed by atoms with Crippen LogP contribution in [0.3, 0.4) is 0 Å². The molecule has 1 nitrogen and oxygen atoms in total. The fourth-order valence-corrected chi connectivity index (χ4v) is 2.68. The molecule has 1 aromatic carbocycles. The molecule has 0 amide bonds. The molecule has 1 aliphatic rings. The highest BCUT2D eigenvalue weighted by molar-refractivity contribution is 8.68. The summed E-state index contributed by atoms with van der Waals surface area (Å²) < 4.78 is 0. The normalized spacial score (nSPS) is 18.5. The zero-order chi connectivity index (χ0) is 10.7. The van der Waals surface area contributed by atoms with Gasteiger partial charge in [0, 0.05) is 10.9 Å². The second-order valence-electron chi connectivity index (χ2n) is 3.63. The molecule has 1 unspecified atom stereocenters. The number of aryl methyl sites for hydroxylation is 1. The maximum absolute atomic E-state index is 5.25. The Bertz CT molecular complexity index is 395. The quantitative estimate of drug-likeness (QED) is 0.475. The Labute approximate surface area is 99.8 Å². The van der Waals surface area contributed by atoms with Gasteiger partial charge in [-0.3, -0.25) is 5.32 Å². The van der Waals surface area contributed by atoms with Gasteiger partial charge in [0.05, 0.1) is 6.54 Å². The molecule has 0 saturated heterocycles. The fraction of sp³-hybridized carbons (Fsp3) is 0.333. The molecule has 1 aromatic rings. The van der Waals surface area contributed by atoms with Crippen LogP contribution in [0.25, 0.3) is 0 Å². The van der Waals surface area contributed by atoms with Crippen molar-refractivity contribution in [2.24, 2.45) is 0 Å². The molecule has 1 N–H and O–H groups in total. The topological polar surface area (TPSA) is 12.0 Å². The maximum Gasteiger partial charge on any atom is 0.0578 e. The molecule has 0 bridgehead atoms. The first-order chi connectivity index (χ1) is 7.35. The van der Waals surface area contributed by atoms with Crippen molar-refractivity contribution in [1.82, 2.24) is 5.32 Å². The van der Waals surface area contributed by atoms with E-state index in [4.69, 9.17) is 6.42 Å². The summed E-state index contributed by atoms with van der Waals surface area (Å²) in [6.07, 6.45) is 7.55. The zero-order valence-electron chi connectivity index (χ0n) is 8.36. The molecule has 1 atom stereocenters. The summed E-state index contributed by atoms with van der Waals surface area (Å²) in [6, 6.07) is 6.97. The Morgan fingerprint density at radius 3 is 3.20 bits per heavy atom. The molecule has 3 heteroatoms. The summed E-state index contributed by atoms with van der Waals surface area (Å²) in [7, 11) is 1.49. The van der Waals surface area contributed by atoms with Crippen LogP contribution in [0.4, 0.5) is 0 Å². The van der Waals surface area contributed by atoms with Gasteiger partial charge >= 0.3 is 0 Å². The van der Waals surface area contributed by atoms with Crippen LogP contribution in [0.5, 0.6) is 0 Å². The van der Waals surface area contributed by atoms with E-state index < -0.39 is 0 Å². The first kappa shape index (κ1) is 10.9. The number of nitrogens with one attached hydrogen (secondary N) is 1. The van der Waals surface area contributed by atoms with E-state index in [0.29, 0.717) is 12.6 Å². The lowest BCUT2D eigenvalue weighted by Gasteiger charge is -2.12. The first-order valence-corrected chi connectivity index (χ1v) is 6.83. The minimum absolute atomic E-state index is 0.427. The Hall–Kier alpha value is -0.560. The third-order valence-electron chi connectivity index (χ3n) is 2.75. The lowest BCUT2D eigenvalue weighted by molar-refractivity contribution is 0.568. The minimum atomic E-state index is 0.427. The molecular weight excluding hydrogens is 222 g/mol. The molecule has 0 aromatic heterocycles. The highest BCUT2D eigenvalue weighted by Gasteiger charge is 2.21. The smallest absolute Gasteiger partial charge is 0.0578 e. The predicted molar refractivity (Wildman–Crippen MR) is 69.2 cm³/mol. The van der Waals surface area contributed by atoms with Crippen molar-refractivity contribution in [3.05, 3.63) is 29.3 Å². The van der Waals surface area contributed by atoms with E-state index in [0.717, 1.165) is 12.8 Å². The lowest BCUT2D eigenvalue weighted by Crippen LogP contribution is -2.19. The first-order valence-electron chi connectivity index (χ1n) is 4.96. The third-order valence-corrected chi connectivity index (χ3v) is 3.85. The van der Waals surface area contributed by atoms with Crippen LogP contribution in [-0.2, 0) is 6.42 Å². The van der Waals surface area contributed by atoms with Gasteiger partial charge in [0.25, 0.3) is 0 Å². The molecule has 1 aliphatic carbocycles. The standard InChI is InChI=1S/C12H13NS2/c1-2-7-13-12-6-4-9-3-5-10(15-14)8-11(9)12/h1,3,5,8,12-14H,4,6-7H2. The predicted octanol–water partition coefficient (Wildman–Crippen LogP) is 2.83. The average molecular weight is 235 g/mol. The summed E-state index contributed by atoms with van der Waals surface area (Å²) in [5.74, 6) is 2.62. The van der Waals surface area contributed by atoms with Crippen molar-refractivity contribution in [2.45, 2.75) is 23.8 Å². The van der Waals surface area contributed by atoms with Gasteiger partial charge in [-0.15, -0.1) is 18.1 Å². The van der Waals surface area contributed by atoms with Crippen LogP contribution in [0.1, 0.15) is 23.6 Å². The van der Waals surface area contributed by atoms with Crippen LogP contribution < -0.4 is 5.32 Å². The van der Waals surface area contributed by atoms with Crippen molar-refractivity contribution in [2.75, 3.05) is 6.54 Å². The average Bonchev–Trinajstić information content (AvgIpc) is 2.68. The van der Waals surface area contributed by atoms with Gasteiger partial charge in [-0.1, -0.05) is 22.8 Å². The largest absolute Gasteiger partial charge is 0.299 e. The summed E-state index contributed by atoms with van der Waals surface area (Å²) in [6.45, 7) is 0.641. The molecule has 0 heterocycles. The molecule has 2 rings (SSSR count). The van der Waals surface area contributed by atoms with Gasteiger partial charge in [-0.05, 0) is 36.1 Å². The van der Waals surface area contributed by atoms with Crippen LogP contribution in [0.2, 0.25) is 0 Å². The number of hydrogen-bond donors (Lipinski definition) is 2. The molecule has 78 valence electrons. The number of rotatable bonds is 3. The number of thiol groups is 1. The molecule has 15 heavy (non-hydrogen) atoms. The summed E-state index contributed by atoms with van der Waals surface area (Å²) in [4.78, 5) is 1.20. The van der Waals surface area contributed by atoms with Gasteiger partial charge in [-0.2, -0.15) is 0 Å². The van der Waals surface area contributed by atoms with Crippen LogP contribution in [0, 0.1) is 12.3 Å². The zero-order valence-corrected chi connectivity index (χ0v) is 10.1. The Morgan fingerprint density at radius 1 is 1.60 bits per heavy atom. The van der Waals surface area contributed by atoms with E-state index in [1.807, 2.05) is 0 Å². The summed E-state index contributed by atoms with van der Waals surface area (Å²) in [5.41, 5.74) is 2.83. The van der Waals surface area contributed by atoms with Gasteiger partial charge in [0.15, 0.2) is 0 Å². The van der Waals surface area contributed by atoms with E-state index in [1.54, 1.807) is 0 Å². The number of hydrogen-bond acceptors (Lipinski definition) is 3. The maximum atomic E-state index is 5.25. The van der Waals surface area contributed by atoms with Crippen molar-refractivity contribution >= 4 is 22.5 Å². The van der Waals surface area contributed by atoms with Crippen molar-refractivity contribution in [3.8, 4) is 12.3 Å². The molecule has 0 aliphatic heterocycles. The fourth-order valence-electron chi connectivity index (χ4n) is 2.03. The van der Waals surface area contributed by atoms with E-state index in [2.05, 4.69) is 41.1 Å². The van der Waals surface area contributed by atoms with Gasteiger partial charge in [0.1, 0.15) is 0 Å². The van der Waals surface area contributed by atoms with Crippen molar-refractivity contribution in [3.63, 3.8) is 0 Å². The Kier molecular flexibility index (Phi) is 3.63. The van der Waals surface area contributed by atoms with Gasteiger partial charge in [-0.25, -0.2) is 0 Å². The molecule has 0 saturated carbocycles. The van der Waals surface area contributed by atoms with E-state index in [9.17, 15) is 0 Å². The third kappa shape index (κ3) is 2.34. The number of benzene rings is 1. The molecule has 0 spiro atoms. The minimum Gasteiger partial charge on any atom is -0.299 e. The highest BCUT2D eigenvalue weighted by atomic mass is 33.1. The Morgan fingerprint density at radius 2 is 2.47 bits per heavy atom. The van der Waals surface area contributed by atoms with Crippen LogP contribution in [0.15, 0.2) is 23.1 Å². The van der Waals surface area contributed by atoms with Crippen molar-refractivity contribution < 1.29 is 0 Å². The molecule has 0 fully saturated rings. The van der Waals surface area contributed by atoms with Crippen LogP contribution in [-0.4, -0.2) is 6.54 Å².